The van der Waals surface area contributed by atoms with E-state index in [0.29, 0.717) is 31.1 Å². The maximum absolute atomic E-state index is 8.92. The van der Waals surface area contributed by atoms with Crippen LogP contribution >= 0.6 is 0 Å². The Kier molecular flexibility index (Phi) is 5.68. The first kappa shape index (κ1) is 16.6. The maximum Gasteiger partial charge on any atom is 0.162 e. The quantitative estimate of drug-likeness (QED) is 0.618. The van der Waals surface area contributed by atoms with E-state index in [1.807, 2.05) is 78.9 Å². The molecule has 3 heteroatoms. The van der Waals surface area contributed by atoms with Gasteiger partial charge < -0.3 is 9.47 Å². The van der Waals surface area contributed by atoms with Crippen LogP contribution in [0.1, 0.15) is 16.7 Å². The normalized spacial score (nSPS) is 10.0. The number of hydrogen-bond acceptors (Lipinski definition) is 3. The van der Waals surface area contributed by atoms with Crippen LogP contribution in [0.3, 0.4) is 0 Å². The zero-order chi connectivity index (χ0) is 17.3. The minimum Gasteiger partial charge on any atom is -0.485 e. The summed E-state index contributed by atoms with van der Waals surface area (Å²) in [5.74, 6) is 1.34. The van der Waals surface area contributed by atoms with Crippen LogP contribution in [0.15, 0.2) is 78.9 Å². The van der Waals surface area contributed by atoms with Gasteiger partial charge in [-0.15, -0.1) is 0 Å². The van der Waals surface area contributed by atoms with Crippen LogP contribution in [-0.2, 0) is 19.6 Å². The van der Waals surface area contributed by atoms with Gasteiger partial charge in [-0.2, -0.15) is 5.26 Å². The summed E-state index contributed by atoms with van der Waals surface area (Å²) in [6, 6.07) is 27.8. The van der Waals surface area contributed by atoms with Crippen molar-refractivity contribution < 1.29 is 9.47 Å². The molecule has 0 N–H and O–H groups in total. The Balaban J connectivity index is 1.75. The summed E-state index contributed by atoms with van der Waals surface area (Å²) in [6.45, 7) is 0.929. The van der Waals surface area contributed by atoms with Gasteiger partial charge in [0.15, 0.2) is 11.5 Å². The number of nitriles is 1. The molecule has 0 saturated carbocycles. The predicted octanol–water partition coefficient (Wildman–Crippen LogP) is 4.91. The minimum absolute atomic E-state index is 0.348. The van der Waals surface area contributed by atoms with E-state index in [9.17, 15) is 0 Å². The molecule has 0 atom stereocenters. The van der Waals surface area contributed by atoms with Gasteiger partial charge in [-0.05, 0) is 28.8 Å². The average Bonchev–Trinajstić information content (AvgIpc) is 2.67. The van der Waals surface area contributed by atoms with Crippen molar-refractivity contribution in [1.82, 2.24) is 0 Å². The van der Waals surface area contributed by atoms with Crippen LogP contribution in [0.2, 0.25) is 0 Å². The van der Waals surface area contributed by atoms with Crippen LogP contribution in [0.25, 0.3) is 0 Å². The van der Waals surface area contributed by atoms with Crippen LogP contribution in [-0.4, -0.2) is 0 Å². The molecule has 0 aliphatic rings. The highest BCUT2D eigenvalue weighted by molar-refractivity contribution is 5.44. The Labute approximate surface area is 148 Å². The number of hydrogen-bond donors (Lipinski definition) is 0. The van der Waals surface area contributed by atoms with Crippen molar-refractivity contribution in [3.63, 3.8) is 0 Å². The molecule has 0 aliphatic heterocycles. The molecule has 3 rings (SSSR count). The lowest BCUT2D eigenvalue weighted by molar-refractivity contribution is 0.256. The van der Waals surface area contributed by atoms with Gasteiger partial charge >= 0.3 is 0 Å². The summed E-state index contributed by atoms with van der Waals surface area (Å²) in [5.41, 5.74) is 3.09. The third-order valence-electron chi connectivity index (χ3n) is 3.77. The fraction of sp³-hybridized carbons (Fsp3) is 0.136. The molecule has 25 heavy (non-hydrogen) atoms. The van der Waals surface area contributed by atoms with E-state index < -0.39 is 0 Å². The highest BCUT2D eigenvalue weighted by Gasteiger charge is 2.08. The van der Waals surface area contributed by atoms with E-state index in [-0.39, 0.29) is 0 Å². The second-order valence-electron chi connectivity index (χ2n) is 5.66. The lowest BCUT2D eigenvalue weighted by Gasteiger charge is -2.14. The number of rotatable bonds is 7. The zero-order valence-electron chi connectivity index (χ0n) is 13.9. The molecule has 0 aliphatic carbocycles. The monoisotopic (exact) mass is 329 g/mol. The second-order valence-corrected chi connectivity index (χ2v) is 5.66. The fourth-order valence-corrected chi connectivity index (χ4v) is 2.46. The van der Waals surface area contributed by atoms with Crippen LogP contribution in [0, 0.1) is 11.3 Å². The molecule has 0 amide bonds. The Hall–Kier alpha value is -3.25. The first-order valence-electron chi connectivity index (χ1n) is 8.18. The number of ether oxygens (including phenoxy) is 2. The van der Waals surface area contributed by atoms with Gasteiger partial charge in [0, 0.05) is 0 Å². The molecule has 3 aromatic rings. The van der Waals surface area contributed by atoms with Crippen molar-refractivity contribution in [3.8, 4) is 17.6 Å². The largest absolute Gasteiger partial charge is 0.485 e. The first-order chi connectivity index (χ1) is 12.3. The molecule has 0 saturated heterocycles. The lowest BCUT2D eigenvalue weighted by atomic mass is 10.1. The van der Waals surface area contributed by atoms with Gasteiger partial charge in [0.25, 0.3) is 0 Å². The molecule has 3 aromatic carbocycles. The van der Waals surface area contributed by atoms with E-state index in [4.69, 9.17) is 14.7 Å². The second kappa shape index (κ2) is 8.56. The van der Waals surface area contributed by atoms with Crippen LogP contribution in [0.5, 0.6) is 11.5 Å². The summed E-state index contributed by atoms with van der Waals surface area (Å²) in [6.07, 6.45) is 0.348. The molecule has 0 heterocycles. The van der Waals surface area contributed by atoms with E-state index in [1.54, 1.807) is 0 Å². The molecule has 124 valence electrons. The van der Waals surface area contributed by atoms with Gasteiger partial charge in [-0.25, -0.2) is 0 Å². The van der Waals surface area contributed by atoms with E-state index in [0.717, 1.165) is 16.7 Å². The summed E-state index contributed by atoms with van der Waals surface area (Å²) < 4.78 is 11.9. The number of benzene rings is 3. The minimum atomic E-state index is 0.348. The Morgan fingerprint density at radius 1 is 0.640 bits per heavy atom. The molecule has 3 nitrogen and oxygen atoms in total. The van der Waals surface area contributed by atoms with Gasteiger partial charge in [0.1, 0.15) is 13.2 Å². The SMILES string of the molecule is N#CCc1ccc(OCc2ccccc2)c(OCc2ccccc2)c1. The van der Waals surface area contributed by atoms with Crippen molar-refractivity contribution in [2.75, 3.05) is 0 Å². The third kappa shape index (κ3) is 4.86. The molecular weight excluding hydrogens is 310 g/mol. The van der Waals surface area contributed by atoms with E-state index in [1.165, 1.54) is 0 Å². The van der Waals surface area contributed by atoms with Crippen molar-refractivity contribution in [2.24, 2.45) is 0 Å². The molecule has 0 aromatic heterocycles. The fourth-order valence-electron chi connectivity index (χ4n) is 2.46. The lowest BCUT2D eigenvalue weighted by Crippen LogP contribution is -2.01. The summed E-state index contributed by atoms with van der Waals surface area (Å²) in [4.78, 5) is 0. The summed E-state index contributed by atoms with van der Waals surface area (Å²) >= 11 is 0. The Bertz CT molecular complexity index is 839. The predicted molar refractivity (Wildman–Crippen MR) is 97.3 cm³/mol. The molecule has 0 radical (unpaired) electrons. The summed E-state index contributed by atoms with van der Waals surface area (Å²) in [7, 11) is 0. The smallest absolute Gasteiger partial charge is 0.162 e. The Morgan fingerprint density at radius 3 is 1.76 bits per heavy atom. The number of nitrogens with zero attached hydrogens (tertiary/aromatic N) is 1. The van der Waals surface area contributed by atoms with Gasteiger partial charge in [-0.3, -0.25) is 0 Å². The highest BCUT2D eigenvalue weighted by Crippen LogP contribution is 2.30. The molecule has 0 spiro atoms. The average molecular weight is 329 g/mol. The van der Waals surface area contributed by atoms with Crippen molar-refractivity contribution in [3.05, 3.63) is 95.6 Å². The van der Waals surface area contributed by atoms with Gasteiger partial charge in [-0.1, -0.05) is 66.7 Å². The highest BCUT2D eigenvalue weighted by atomic mass is 16.5. The van der Waals surface area contributed by atoms with Gasteiger partial charge in [0.05, 0.1) is 12.5 Å². The standard InChI is InChI=1S/C22H19NO2/c23-14-13-18-11-12-21(24-16-19-7-3-1-4-8-19)22(15-18)25-17-20-9-5-2-6-10-20/h1-12,15H,13,16-17H2. The van der Waals surface area contributed by atoms with Crippen molar-refractivity contribution >= 4 is 0 Å². The molecule has 0 unspecified atom stereocenters. The van der Waals surface area contributed by atoms with Crippen LogP contribution < -0.4 is 9.47 Å². The zero-order valence-corrected chi connectivity index (χ0v) is 13.9. The topological polar surface area (TPSA) is 42.2 Å². The Morgan fingerprint density at radius 2 is 1.20 bits per heavy atom. The molecule has 0 fully saturated rings. The molecule has 0 bridgehead atoms. The molecular formula is C22H19NO2. The maximum atomic E-state index is 8.92. The van der Waals surface area contributed by atoms with Gasteiger partial charge in [0.2, 0.25) is 0 Å². The van der Waals surface area contributed by atoms with Crippen molar-refractivity contribution in [1.29, 1.82) is 5.26 Å². The van der Waals surface area contributed by atoms with Crippen molar-refractivity contribution in [2.45, 2.75) is 19.6 Å². The first-order valence-corrected chi connectivity index (χ1v) is 8.18. The third-order valence-corrected chi connectivity index (χ3v) is 3.77. The summed E-state index contributed by atoms with van der Waals surface area (Å²) in [5, 5.41) is 8.92. The van der Waals surface area contributed by atoms with E-state index >= 15 is 0 Å². The van der Waals surface area contributed by atoms with Crippen LogP contribution in [0.4, 0.5) is 0 Å². The van der Waals surface area contributed by atoms with E-state index in [2.05, 4.69) is 6.07 Å².